The quantitative estimate of drug-likeness (QED) is 0.435. The largest absolute Gasteiger partial charge is 0.218 e. The molecule has 0 bridgehead atoms. The lowest BCUT2D eigenvalue weighted by atomic mass is 10.2. The van der Waals surface area contributed by atoms with Gasteiger partial charge in [0, 0.05) is 4.24 Å². The Morgan fingerprint density at radius 1 is 0.821 bits per heavy atom. The van der Waals surface area contributed by atoms with E-state index in [0.717, 1.165) is 44.4 Å². The van der Waals surface area contributed by atoms with E-state index in [0.29, 0.717) is 9.80 Å². The van der Waals surface area contributed by atoms with Gasteiger partial charge >= 0.3 is 0 Å². The Labute approximate surface area is 188 Å². The van der Waals surface area contributed by atoms with Crippen molar-refractivity contribution in [3.63, 3.8) is 0 Å². The van der Waals surface area contributed by atoms with E-state index >= 15 is 0 Å². The zero-order valence-electron chi connectivity index (χ0n) is 16.9. The van der Waals surface area contributed by atoms with Crippen LogP contribution < -0.4 is 0 Å². The Bertz CT molecular complexity index is 864. The third-order valence-corrected chi connectivity index (χ3v) is 14.4. The maximum absolute atomic E-state index is 14.0. The minimum atomic E-state index is -3.56. The van der Waals surface area contributed by atoms with Gasteiger partial charge in [-0.15, -0.1) is 47.0 Å². The lowest BCUT2D eigenvalue weighted by Gasteiger charge is -2.30. The van der Waals surface area contributed by atoms with E-state index < -0.39 is 17.9 Å². The van der Waals surface area contributed by atoms with Crippen LogP contribution in [0.5, 0.6) is 0 Å². The van der Waals surface area contributed by atoms with Crippen LogP contribution in [0, 0.1) is 6.92 Å². The highest BCUT2D eigenvalue weighted by atomic mass is 32.2. The molecule has 2 heterocycles. The average Bonchev–Trinajstić information content (AvgIpc) is 2.66. The molecule has 0 aliphatic carbocycles. The molecule has 8 heteroatoms. The van der Waals surface area contributed by atoms with Gasteiger partial charge in [-0.3, -0.25) is 0 Å². The molecule has 0 unspecified atom stereocenters. The van der Waals surface area contributed by atoms with Crippen LogP contribution in [0.25, 0.3) is 0 Å². The van der Waals surface area contributed by atoms with E-state index in [1.54, 1.807) is 35.7 Å². The first-order valence-electron chi connectivity index (χ1n) is 9.53. The highest BCUT2D eigenvalue weighted by molar-refractivity contribution is 8.24. The fourth-order valence-electron chi connectivity index (χ4n) is 3.06. The molecule has 0 aromatic heterocycles. The van der Waals surface area contributed by atoms with Gasteiger partial charge in [0.25, 0.3) is 0 Å². The van der Waals surface area contributed by atoms with Crippen molar-refractivity contribution in [2.24, 2.45) is 0 Å². The van der Waals surface area contributed by atoms with Crippen LogP contribution in [0.2, 0.25) is 19.6 Å². The lowest BCUT2D eigenvalue weighted by molar-refractivity contribution is 0.602. The van der Waals surface area contributed by atoms with Crippen molar-refractivity contribution in [3.8, 4) is 0 Å². The van der Waals surface area contributed by atoms with Gasteiger partial charge in [-0.25, -0.2) is 8.42 Å². The van der Waals surface area contributed by atoms with Gasteiger partial charge in [-0.05, 0) is 60.1 Å². The van der Waals surface area contributed by atoms with Gasteiger partial charge < -0.3 is 0 Å². The Balaban J connectivity index is 2.26. The molecule has 28 heavy (non-hydrogen) atoms. The van der Waals surface area contributed by atoms with Crippen molar-refractivity contribution < 1.29 is 8.42 Å². The van der Waals surface area contributed by atoms with Crippen LogP contribution in [-0.4, -0.2) is 39.5 Å². The molecule has 2 saturated heterocycles. The average molecular weight is 489 g/mol. The first kappa shape index (κ1) is 22.9. The Morgan fingerprint density at radius 3 is 1.75 bits per heavy atom. The molecule has 0 amide bonds. The molecular weight excluding hydrogens is 461 g/mol. The van der Waals surface area contributed by atoms with Gasteiger partial charge in [-0.1, -0.05) is 37.3 Å². The summed E-state index contributed by atoms with van der Waals surface area (Å²) in [7, 11) is -5.46. The second-order valence-corrected chi connectivity index (χ2v) is 19.8. The highest BCUT2D eigenvalue weighted by Crippen LogP contribution is 2.49. The molecule has 2 fully saturated rings. The molecule has 2 nitrogen and oxygen atoms in total. The van der Waals surface area contributed by atoms with Gasteiger partial charge in [0.1, 0.15) is 0 Å². The van der Waals surface area contributed by atoms with Crippen molar-refractivity contribution in [1.82, 2.24) is 0 Å². The monoisotopic (exact) mass is 488 g/mol. The molecule has 0 spiro atoms. The zero-order valence-corrected chi connectivity index (χ0v) is 22.0. The standard InChI is InChI=1S/C20H28O2S5Si/c1-15-7-9-16(10-8-15)27(21,22)17(19-23-11-5-12-24-19)18(28(2,3)4)20-25-13-6-14-26-20/h7-10H,5-6,11-14H2,1-4H3. The van der Waals surface area contributed by atoms with Crippen LogP contribution in [0.4, 0.5) is 0 Å². The first-order chi connectivity index (χ1) is 13.2. The molecule has 3 rings (SSSR count). The van der Waals surface area contributed by atoms with Crippen molar-refractivity contribution in [1.29, 1.82) is 0 Å². The van der Waals surface area contributed by atoms with Crippen molar-refractivity contribution in [2.75, 3.05) is 23.0 Å². The third kappa shape index (κ3) is 5.30. The van der Waals surface area contributed by atoms with Crippen LogP contribution >= 0.6 is 47.0 Å². The molecule has 2 aliphatic heterocycles. The number of thioether (sulfide) groups is 4. The fraction of sp³-hybridized carbons (Fsp3) is 0.500. The number of hydrogen-bond donors (Lipinski definition) is 0. The van der Waals surface area contributed by atoms with Crippen LogP contribution in [0.3, 0.4) is 0 Å². The highest BCUT2D eigenvalue weighted by Gasteiger charge is 2.38. The maximum atomic E-state index is 14.0. The molecule has 0 saturated carbocycles. The van der Waals surface area contributed by atoms with Gasteiger partial charge in [0.15, 0.2) is 0 Å². The molecule has 154 valence electrons. The summed E-state index contributed by atoms with van der Waals surface area (Å²) in [6.45, 7) is 8.85. The predicted molar refractivity (Wildman–Crippen MR) is 135 cm³/mol. The SMILES string of the molecule is Cc1ccc(S(=O)(=O)C(=C2SCCCS2)C(=C2SCCCS2)[Si](C)(C)C)cc1. The lowest BCUT2D eigenvalue weighted by Crippen LogP contribution is -2.30. The smallest absolute Gasteiger partial charge is 0.208 e. The second-order valence-electron chi connectivity index (χ2n) is 7.95. The van der Waals surface area contributed by atoms with Gasteiger partial charge in [0.05, 0.1) is 22.1 Å². The minimum absolute atomic E-state index is 0.425. The second kappa shape index (κ2) is 9.60. The third-order valence-electron chi connectivity index (χ3n) is 4.48. The van der Waals surface area contributed by atoms with E-state index in [4.69, 9.17) is 0 Å². The van der Waals surface area contributed by atoms with Crippen molar-refractivity contribution >= 4 is 65.0 Å². The predicted octanol–water partition coefficient (Wildman–Crippen LogP) is 6.77. The first-order valence-corrected chi connectivity index (χ1v) is 18.5. The van der Waals surface area contributed by atoms with Crippen LogP contribution in [-0.2, 0) is 9.84 Å². The number of sulfone groups is 1. The number of benzene rings is 1. The van der Waals surface area contributed by atoms with Crippen molar-refractivity contribution in [2.45, 2.75) is 44.3 Å². The van der Waals surface area contributed by atoms with Gasteiger partial charge in [-0.2, -0.15) is 0 Å². The maximum Gasteiger partial charge on any atom is 0.208 e. The summed E-state index contributed by atoms with van der Waals surface area (Å²) in [6, 6.07) is 7.36. The summed E-state index contributed by atoms with van der Waals surface area (Å²) < 4.78 is 30.2. The molecular formula is C20H28O2S5Si. The molecule has 0 atom stereocenters. The topological polar surface area (TPSA) is 34.1 Å². The number of allylic oxidation sites excluding steroid dienone is 1. The van der Waals surface area contributed by atoms with Crippen LogP contribution in [0.1, 0.15) is 18.4 Å². The van der Waals surface area contributed by atoms with Gasteiger partial charge in [0.2, 0.25) is 9.84 Å². The molecule has 2 aliphatic rings. The summed E-state index contributed by atoms with van der Waals surface area (Å²) in [5.41, 5.74) is 1.08. The molecule has 1 aromatic carbocycles. The summed E-state index contributed by atoms with van der Waals surface area (Å²) in [6.07, 6.45) is 2.33. The van der Waals surface area contributed by atoms with E-state index in [1.165, 1.54) is 10.7 Å². The van der Waals surface area contributed by atoms with Crippen molar-refractivity contribution in [3.05, 3.63) is 48.4 Å². The summed E-state index contributed by atoms with van der Waals surface area (Å²) in [5, 5.41) is 1.15. The Hall–Kier alpha value is 0.267. The van der Waals surface area contributed by atoms with E-state index in [1.807, 2.05) is 42.6 Å². The Kier molecular flexibility index (Phi) is 7.87. The molecule has 0 radical (unpaired) electrons. The molecule has 1 aromatic rings. The zero-order chi connectivity index (χ0) is 20.4. The van der Waals surface area contributed by atoms with E-state index in [9.17, 15) is 8.42 Å². The minimum Gasteiger partial charge on any atom is -0.218 e. The summed E-state index contributed by atoms with van der Waals surface area (Å²) >= 11 is 7.20. The van der Waals surface area contributed by atoms with E-state index in [-0.39, 0.29) is 0 Å². The van der Waals surface area contributed by atoms with E-state index in [2.05, 4.69) is 19.6 Å². The molecule has 0 N–H and O–H groups in total. The fourth-order valence-corrected chi connectivity index (χ4v) is 15.6. The van der Waals surface area contributed by atoms with Crippen LogP contribution in [0.15, 0.2) is 47.7 Å². The normalized spacial score (nSPS) is 18.9. The number of rotatable bonds is 4. The number of hydrogen-bond acceptors (Lipinski definition) is 6. The summed E-state index contributed by atoms with van der Waals surface area (Å²) in [5.74, 6) is 4.18. The Morgan fingerprint density at radius 2 is 1.29 bits per heavy atom. The summed E-state index contributed by atoms with van der Waals surface area (Å²) in [4.78, 5) is 1.05. The number of aryl methyl sites for hydroxylation is 1.